The minimum atomic E-state index is -0.629. The minimum absolute atomic E-state index is 0.0116. The second-order valence-electron chi connectivity index (χ2n) is 5.00. The molecular weight excluding hydrogens is 190 g/mol. The summed E-state index contributed by atoms with van der Waals surface area (Å²) in [5.74, 6) is 0.0207. The number of hydrogen-bond donors (Lipinski definition) is 1. The van der Waals surface area contributed by atoms with E-state index in [0.717, 1.165) is 19.5 Å². The van der Waals surface area contributed by atoms with Gasteiger partial charge in [0.15, 0.2) is 0 Å². The average Bonchev–Trinajstić information content (AvgIpc) is 2.90. The molecular formula is C12H21NO2. The summed E-state index contributed by atoms with van der Waals surface area (Å²) in [6.07, 6.45) is 6.29. The van der Waals surface area contributed by atoms with Gasteiger partial charge in [0.25, 0.3) is 0 Å². The van der Waals surface area contributed by atoms with Gasteiger partial charge in [0.2, 0.25) is 0 Å². The Kier molecular flexibility index (Phi) is 3.01. The number of nitrogens with zero attached hydrogens (tertiary/aromatic N) is 1. The highest BCUT2D eigenvalue weighted by Crippen LogP contribution is 2.48. The van der Waals surface area contributed by atoms with Crippen LogP contribution in [0.25, 0.3) is 0 Å². The summed E-state index contributed by atoms with van der Waals surface area (Å²) < 4.78 is 0. The zero-order valence-corrected chi connectivity index (χ0v) is 9.54. The molecule has 1 unspecified atom stereocenters. The Morgan fingerprint density at radius 1 is 1.40 bits per heavy atom. The predicted molar refractivity (Wildman–Crippen MR) is 58.8 cm³/mol. The van der Waals surface area contributed by atoms with Crippen LogP contribution in [0.3, 0.4) is 0 Å². The molecule has 2 rings (SSSR count). The first-order chi connectivity index (χ1) is 7.19. The van der Waals surface area contributed by atoms with Crippen LogP contribution in [0.5, 0.6) is 0 Å². The standard InChI is InChI=1S/C12H21NO2/c1-2-12(9-11(14)15,10-5-6-10)13-7-3-4-8-13/h10H,2-9H2,1H3,(H,14,15). The normalized spacial score (nSPS) is 26.5. The molecule has 1 saturated heterocycles. The largest absolute Gasteiger partial charge is 0.481 e. The number of aliphatic carboxylic acids is 1. The van der Waals surface area contributed by atoms with E-state index in [2.05, 4.69) is 11.8 Å². The molecule has 1 N–H and O–H groups in total. The highest BCUT2D eigenvalue weighted by Gasteiger charge is 2.49. The van der Waals surface area contributed by atoms with Gasteiger partial charge in [-0.3, -0.25) is 9.69 Å². The van der Waals surface area contributed by atoms with Crippen LogP contribution >= 0.6 is 0 Å². The molecule has 1 saturated carbocycles. The average molecular weight is 211 g/mol. The highest BCUT2D eigenvalue weighted by molar-refractivity contribution is 5.68. The third-order valence-corrected chi connectivity index (χ3v) is 4.14. The fraction of sp³-hybridized carbons (Fsp3) is 0.917. The molecule has 0 aromatic heterocycles. The van der Waals surface area contributed by atoms with Crippen LogP contribution in [-0.4, -0.2) is 34.6 Å². The summed E-state index contributed by atoms with van der Waals surface area (Å²) in [5, 5.41) is 9.09. The van der Waals surface area contributed by atoms with Crippen molar-refractivity contribution in [3.63, 3.8) is 0 Å². The molecule has 3 nitrogen and oxygen atoms in total. The van der Waals surface area contributed by atoms with Crippen molar-refractivity contribution in [3.05, 3.63) is 0 Å². The Morgan fingerprint density at radius 3 is 2.40 bits per heavy atom. The lowest BCUT2D eigenvalue weighted by Gasteiger charge is -2.41. The Morgan fingerprint density at radius 2 is 2.00 bits per heavy atom. The van der Waals surface area contributed by atoms with E-state index in [4.69, 9.17) is 5.11 Å². The van der Waals surface area contributed by atoms with Crippen molar-refractivity contribution in [2.75, 3.05) is 13.1 Å². The Labute approximate surface area is 91.5 Å². The predicted octanol–water partition coefficient (Wildman–Crippen LogP) is 2.12. The van der Waals surface area contributed by atoms with E-state index in [0.29, 0.717) is 12.3 Å². The summed E-state index contributed by atoms with van der Waals surface area (Å²) in [6, 6.07) is 0. The first-order valence-electron chi connectivity index (χ1n) is 6.16. The third-order valence-electron chi connectivity index (χ3n) is 4.14. The lowest BCUT2D eigenvalue weighted by atomic mass is 9.84. The maximum absolute atomic E-state index is 11.0. The second-order valence-corrected chi connectivity index (χ2v) is 5.00. The van der Waals surface area contributed by atoms with Gasteiger partial charge < -0.3 is 5.11 Å². The van der Waals surface area contributed by atoms with E-state index in [9.17, 15) is 4.79 Å². The number of carbonyl (C=O) groups is 1. The molecule has 1 aliphatic heterocycles. The molecule has 0 amide bonds. The number of carboxylic acid groups (broad SMARTS) is 1. The van der Waals surface area contributed by atoms with Crippen molar-refractivity contribution < 1.29 is 9.90 Å². The van der Waals surface area contributed by atoms with Gasteiger partial charge in [-0.15, -0.1) is 0 Å². The van der Waals surface area contributed by atoms with Crippen LogP contribution < -0.4 is 0 Å². The summed E-state index contributed by atoms with van der Waals surface area (Å²) >= 11 is 0. The van der Waals surface area contributed by atoms with Crippen LogP contribution in [-0.2, 0) is 4.79 Å². The van der Waals surface area contributed by atoms with Gasteiger partial charge in [0, 0.05) is 5.54 Å². The Hall–Kier alpha value is -0.570. The first kappa shape index (κ1) is 10.9. The van der Waals surface area contributed by atoms with Gasteiger partial charge in [0.1, 0.15) is 0 Å². The van der Waals surface area contributed by atoms with E-state index in [-0.39, 0.29) is 5.54 Å². The van der Waals surface area contributed by atoms with E-state index in [1.165, 1.54) is 25.7 Å². The zero-order valence-electron chi connectivity index (χ0n) is 9.54. The van der Waals surface area contributed by atoms with Crippen molar-refractivity contribution in [1.82, 2.24) is 4.90 Å². The van der Waals surface area contributed by atoms with Crippen LogP contribution in [0.2, 0.25) is 0 Å². The van der Waals surface area contributed by atoms with Gasteiger partial charge in [-0.05, 0) is 51.1 Å². The van der Waals surface area contributed by atoms with Crippen LogP contribution in [0.15, 0.2) is 0 Å². The summed E-state index contributed by atoms with van der Waals surface area (Å²) in [6.45, 7) is 4.37. The van der Waals surface area contributed by atoms with Crippen molar-refractivity contribution in [2.24, 2.45) is 5.92 Å². The fourth-order valence-corrected chi connectivity index (χ4v) is 3.20. The number of hydrogen-bond acceptors (Lipinski definition) is 2. The molecule has 0 bridgehead atoms. The topological polar surface area (TPSA) is 40.5 Å². The van der Waals surface area contributed by atoms with E-state index >= 15 is 0 Å². The van der Waals surface area contributed by atoms with Crippen LogP contribution in [0.1, 0.15) is 45.4 Å². The van der Waals surface area contributed by atoms with Gasteiger partial charge >= 0.3 is 5.97 Å². The van der Waals surface area contributed by atoms with Crippen LogP contribution in [0.4, 0.5) is 0 Å². The molecule has 86 valence electrons. The lowest BCUT2D eigenvalue weighted by molar-refractivity contribution is -0.141. The second kappa shape index (κ2) is 4.12. The summed E-state index contributed by atoms with van der Waals surface area (Å²) in [7, 11) is 0. The van der Waals surface area contributed by atoms with E-state index in [1.807, 2.05) is 0 Å². The van der Waals surface area contributed by atoms with Crippen molar-refractivity contribution in [3.8, 4) is 0 Å². The lowest BCUT2D eigenvalue weighted by Crippen LogP contribution is -2.50. The molecule has 2 aliphatic rings. The van der Waals surface area contributed by atoms with Crippen molar-refractivity contribution in [1.29, 1.82) is 0 Å². The van der Waals surface area contributed by atoms with Gasteiger partial charge in [0.05, 0.1) is 6.42 Å². The van der Waals surface area contributed by atoms with E-state index < -0.39 is 5.97 Å². The number of likely N-dealkylation sites (tertiary alicyclic amines) is 1. The Balaban J connectivity index is 2.14. The molecule has 3 heteroatoms. The maximum Gasteiger partial charge on any atom is 0.305 e. The van der Waals surface area contributed by atoms with Gasteiger partial charge in [-0.2, -0.15) is 0 Å². The molecule has 1 aliphatic carbocycles. The highest BCUT2D eigenvalue weighted by atomic mass is 16.4. The number of rotatable bonds is 5. The molecule has 2 fully saturated rings. The Bertz CT molecular complexity index is 244. The van der Waals surface area contributed by atoms with Gasteiger partial charge in [-0.25, -0.2) is 0 Å². The molecule has 0 aromatic carbocycles. The zero-order chi connectivity index (χ0) is 10.9. The quantitative estimate of drug-likeness (QED) is 0.757. The van der Waals surface area contributed by atoms with Crippen molar-refractivity contribution >= 4 is 5.97 Å². The molecule has 0 spiro atoms. The smallest absolute Gasteiger partial charge is 0.305 e. The molecule has 1 heterocycles. The van der Waals surface area contributed by atoms with Gasteiger partial charge in [-0.1, -0.05) is 6.92 Å². The molecule has 0 aromatic rings. The SMILES string of the molecule is CCC(CC(=O)O)(C1CC1)N1CCCC1. The molecule has 0 radical (unpaired) electrons. The maximum atomic E-state index is 11.0. The first-order valence-corrected chi connectivity index (χ1v) is 6.16. The summed E-state index contributed by atoms with van der Waals surface area (Å²) in [4.78, 5) is 13.5. The molecule has 1 atom stereocenters. The van der Waals surface area contributed by atoms with Crippen molar-refractivity contribution in [2.45, 2.75) is 51.0 Å². The minimum Gasteiger partial charge on any atom is -0.481 e. The molecule has 15 heavy (non-hydrogen) atoms. The number of carboxylic acids is 1. The third kappa shape index (κ3) is 2.03. The van der Waals surface area contributed by atoms with Crippen LogP contribution in [0, 0.1) is 5.92 Å². The monoisotopic (exact) mass is 211 g/mol. The fourth-order valence-electron chi connectivity index (χ4n) is 3.20. The summed E-state index contributed by atoms with van der Waals surface area (Å²) in [5.41, 5.74) is -0.0116. The van der Waals surface area contributed by atoms with E-state index in [1.54, 1.807) is 0 Å².